The number of anilines is 1. The van der Waals surface area contributed by atoms with E-state index >= 15 is 0 Å². The molecule has 1 aromatic rings. The Kier molecular flexibility index (Phi) is 7.86. The zero-order chi connectivity index (χ0) is 14.1. The van der Waals surface area contributed by atoms with E-state index in [9.17, 15) is 4.79 Å². The number of nitrogens with one attached hydrogen (secondary N) is 2. The summed E-state index contributed by atoms with van der Waals surface area (Å²) in [7, 11) is 0. The number of carbonyl (C=O) groups excluding carboxylic acids is 1. The van der Waals surface area contributed by atoms with Gasteiger partial charge in [-0.2, -0.15) is 0 Å². The van der Waals surface area contributed by atoms with Crippen molar-refractivity contribution in [3.8, 4) is 0 Å². The monoisotopic (exact) mass is 348 g/mol. The molecular weight excluding hydrogens is 332 g/mol. The number of halogens is 2. The van der Waals surface area contributed by atoms with Crippen LogP contribution in [-0.2, 0) is 4.74 Å². The van der Waals surface area contributed by atoms with E-state index in [1.165, 1.54) is 0 Å². The van der Waals surface area contributed by atoms with Gasteiger partial charge in [0.25, 0.3) is 0 Å². The quantitative estimate of drug-likeness (QED) is 0.730. The second-order valence-corrected chi connectivity index (χ2v) is 5.14. The summed E-state index contributed by atoms with van der Waals surface area (Å²) >= 11 is 9.35. The van der Waals surface area contributed by atoms with Crippen LogP contribution >= 0.6 is 27.5 Å². The molecule has 0 aromatic heterocycles. The van der Waals surface area contributed by atoms with E-state index < -0.39 is 0 Å². The van der Waals surface area contributed by atoms with Gasteiger partial charge >= 0.3 is 6.03 Å². The Morgan fingerprint density at radius 2 is 2.21 bits per heavy atom. The summed E-state index contributed by atoms with van der Waals surface area (Å²) in [5.41, 5.74) is 0.580. The number of carbonyl (C=O) groups is 1. The molecule has 1 rings (SSSR count). The standard InChI is InChI=1S/C13H18BrClN2O2/c1-2-19-9-4-3-8-16-13(18)17-12-10(14)6-5-7-11(12)15/h5-7H,2-4,8-9H2,1H3,(H2,16,17,18). The van der Waals surface area contributed by atoms with Crippen LogP contribution in [0.4, 0.5) is 10.5 Å². The molecule has 0 unspecified atom stereocenters. The van der Waals surface area contributed by atoms with Crippen LogP contribution in [0.5, 0.6) is 0 Å². The summed E-state index contributed by atoms with van der Waals surface area (Å²) in [6.07, 6.45) is 1.82. The van der Waals surface area contributed by atoms with Crippen LogP contribution in [0.25, 0.3) is 0 Å². The van der Waals surface area contributed by atoms with Crippen molar-refractivity contribution in [1.29, 1.82) is 0 Å². The van der Waals surface area contributed by atoms with E-state index in [0.717, 1.165) is 30.5 Å². The van der Waals surface area contributed by atoms with Gasteiger partial charge in [-0.05, 0) is 47.8 Å². The summed E-state index contributed by atoms with van der Waals surface area (Å²) in [5.74, 6) is 0. The molecule has 106 valence electrons. The minimum absolute atomic E-state index is 0.259. The van der Waals surface area contributed by atoms with E-state index in [1.54, 1.807) is 6.07 Å². The van der Waals surface area contributed by atoms with Crippen molar-refractivity contribution in [2.75, 3.05) is 25.1 Å². The van der Waals surface area contributed by atoms with Crippen molar-refractivity contribution in [3.05, 3.63) is 27.7 Å². The number of ether oxygens (including phenoxy) is 1. The Morgan fingerprint density at radius 1 is 1.42 bits per heavy atom. The van der Waals surface area contributed by atoms with Crippen molar-refractivity contribution in [2.24, 2.45) is 0 Å². The molecular formula is C13H18BrClN2O2. The number of rotatable bonds is 7. The molecule has 0 aliphatic rings. The van der Waals surface area contributed by atoms with Crippen LogP contribution in [0, 0.1) is 0 Å². The van der Waals surface area contributed by atoms with Crippen LogP contribution < -0.4 is 10.6 Å². The van der Waals surface area contributed by atoms with Gasteiger partial charge in [-0.15, -0.1) is 0 Å². The fourth-order valence-electron chi connectivity index (χ4n) is 1.45. The lowest BCUT2D eigenvalue weighted by atomic mass is 10.3. The molecule has 0 fully saturated rings. The minimum atomic E-state index is -0.259. The largest absolute Gasteiger partial charge is 0.382 e. The average molecular weight is 350 g/mol. The second kappa shape index (κ2) is 9.18. The van der Waals surface area contributed by atoms with E-state index in [4.69, 9.17) is 16.3 Å². The number of unbranched alkanes of at least 4 members (excludes halogenated alkanes) is 1. The van der Waals surface area contributed by atoms with Gasteiger partial charge in [0, 0.05) is 24.2 Å². The lowest BCUT2D eigenvalue weighted by molar-refractivity contribution is 0.143. The predicted octanol–water partition coefficient (Wildman–Crippen LogP) is 4.04. The Morgan fingerprint density at radius 3 is 2.89 bits per heavy atom. The molecule has 0 bridgehead atoms. The third kappa shape index (κ3) is 6.27. The van der Waals surface area contributed by atoms with Crippen LogP contribution in [0.2, 0.25) is 5.02 Å². The smallest absolute Gasteiger partial charge is 0.319 e. The van der Waals surface area contributed by atoms with Gasteiger partial charge in [0.1, 0.15) is 0 Å². The Hall–Kier alpha value is -0.780. The summed E-state index contributed by atoms with van der Waals surface area (Å²) in [6.45, 7) is 4.04. The average Bonchev–Trinajstić information content (AvgIpc) is 2.38. The second-order valence-electron chi connectivity index (χ2n) is 3.88. The van der Waals surface area contributed by atoms with Crippen molar-refractivity contribution >= 4 is 39.2 Å². The topological polar surface area (TPSA) is 50.4 Å². The van der Waals surface area contributed by atoms with Crippen molar-refractivity contribution in [1.82, 2.24) is 5.32 Å². The summed E-state index contributed by atoms with van der Waals surface area (Å²) in [5, 5.41) is 6.00. The highest BCUT2D eigenvalue weighted by molar-refractivity contribution is 9.10. The molecule has 4 nitrogen and oxygen atoms in total. The van der Waals surface area contributed by atoms with Gasteiger partial charge in [0.2, 0.25) is 0 Å². The summed E-state index contributed by atoms with van der Waals surface area (Å²) in [6, 6.07) is 5.10. The zero-order valence-corrected chi connectivity index (χ0v) is 13.2. The first-order valence-electron chi connectivity index (χ1n) is 6.21. The Balaban J connectivity index is 2.28. The molecule has 0 aliphatic heterocycles. The van der Waals surface area contributed by atoms with Crippen molar-refractivity contribution in [2.45, 2.75) is 19.8 Å². The zero-order valence-electron chi connectivity index (χ0n) is 10.8. The normalized spacial score (nSPS) is 10.3. The highest BCUT2D eigenvalue weighted by atomic mass is 79.9. The lowest BCUT2D eigenvalue weighted by Crippen LogP contribution is -2.29. The van der Waals surface area contributed by atoms with Crippen LogP contribution in [0.15, 0.2) is 22.7 Å². The number of amides is 2. The van der Waals surface area contributed by atoms with Gasteiger partial charge in [-0.1, -0.05) is 17.7 Å². The molecule has 2 amide bonds. The van der Waals surface area contributed by atoms with Crippen molar-refractivity contribution in [3.63, 3.8) is 0 Å². The fraction of sp³-hybridized carbons (Fsp3) is 0.462. The first-order valence-corrected chi connectivity index (χ1v) is 7.39. The van der Waals surface area contributed by atoms with Gasteiger partial charge in [-0.3, -0.25) is 0 Å². The summed E-state index contributed by atoms with van der Waals surface area (Å²) in [4.78, 5) is 11.7. The maximum absolute atomic E-state index is 11.7. The first-order chi connectivity index (χ1) is 9.15. The minimum Gasteiger partial charge on any atom is -0.382 e. The van der Waals surface area contributed by atoms with E-state index in [2.05, 4.69) is 26.6 Å². The number of benzene rings is 1. The van der Waals surface area contributed by atoms with Gasteiger partial charge in [0.05, 0.1) is 10.7 Å². The fourth-order valence-corrected chi connectivity index (χ4v) is 2.25. The third-order valence-electron chi connectivity index (χ3n) is 2.41. The van der Waals surface area contributed by atoms with E-state index in [1.807, 2.05) is 19.1 Å². The molecule has 0 saturated heterocycles. The molecule has 1 aromatic carbocycles. The molecule has 6 heteroatoms. The highest BCUT2D eigenvalue weighted by Crippen LogP contribution is 2.29. The van der Waals surface area contributed by atoms with Crippen molar-refractivity contribution < 1.29 is 9.53 Å². The van der Waals surface area contributed by atoms with E-state index in [0.29, 0.717) is 17.3 Å². The summed E-state index contributed by atoms with van der Waals surface area (Å²) < 4.78 is 5.97. The highest BCUT2D eigenvalue weighted by Gasteiger charge is 2.08. The maximum Gasteiger partial charge on any atom is 0.319 e. The van der Waals surface area contributed by atoms with Gasteiger partial charge in [0.15, 0.2) is 0 Å². The number of hydrogen-bond donors (Lipinski definition) is 2. The van der Waals surface area contributed by atoms with Gasteiger partial charge < -0.3 is 15.4 Å². The molecule has 0 aliphatic carbocycles. The molecule has 0 spiro atoms. The molecule has 0 saturated carbocycles. The number of urea groups is 1. The van der Waals surface area contributed by atoms with Crippen LogP contribution in [0.1, 0.15) is 19.8 Å². The molecule has 0 heterocycles. The Bertz CT molecular complexity index is 395. The lowest BCUT2D eigenvalue weighted by Gasteiger charge is -2.10. The Labute approximate surface area is 127 Å². The SMILES string of the molecule is CCOCCCCNC(=O)Nc1c(Cl)cccc1Br. The number of hydrogen-bond acceptors (Lipinski definition) is 2. The molecule has 0 radical (unpaired) electrons. The van der Waals surface area contributed by atoms with Crippen LogP contribution in [0.3, 0.4) is 0 Å². The van der Waals surface area contributed by atoms with E-state index in [-0.39, 0.29) is 6.03 Å². The maximum atomic E-state index is 11.7. The predicted molar refractivity (Wildman–Crippen MR) is 81.9 cm³/mol. The molecule has 0 atom stereocenters. The van der Waals surface area contributed by atoms with Gasteiger partial charge in [-0.25, -0.2) is 4.79 Å². The number of para-hydroxylation sites is 1. The first kappa shape index (κ1) is 16.3. The molecule has 2 N–H and O–H groups in total. The third-order valence-corrected chi connectivity index (χ3v) is 3.38. The van der Waals surface area contributed by atoms with Crippen LogP contribution in [-0.4, -0.2) is 25.8 Å². The molecule has 19 heavy (non-hydrogen) atoms.